The van der Waals surface area contributed by atoms with Gasteiger partial charge >= 0.3 is 12.1 Å². The van der Waals surface area contributed by atoms with Crippen LogP contribution in [0.15, 0.2) is 12.7 Å². The minimum atomic E-state index is -0.264. The standard InChI is InChI=1S/C5H8O2.CO2/c1-3-4-7-5(2)6;2-1-3/h3H,1,4H2,2H3;. The van der Waals surface area contributed by atoms with Crippen LogP contribution >= 0.6 is 0 Å². The topological polar surface area (TPSA) is 60.4 Å². The summed E-state index contributed by atoms with van der Waals surface area (Å²) in [7, 11) is 0. The lowest BCUT2D eigenvalue weighted by Crippen LogP contribution is -1.96. The lowest BCUT2D eigenvalue weighted by atomic mass is 10.7. The molecule has 0 rings (SSSR count). The molecule has 0 unspecified atom stereocenters. The Hall–Kier alpha value is -1.41. The maximum atomic E-state index is 9.93. The van der Waals surface area contributed by atoms with Gasteiger partial charge in [0.2, 0.25) is 0 Å². The number of hydrogen-bond acceptors (Lipinski definition) is 4. The lowest BCUT2D eigenvalue weighted by molar-refractivity contribution is -0.191. The maximum absolute atomic E-state index is 9.93. The van der Waals surface area contributed by atoms with Gasteiger partial charge in [-0.25, -0.2) is 0 Å². The summed E-state index contributed by atoms with van der Waals surface area (Å²) in [4.78, 5) is 26.2. The van der Waals surface area contributed by atoms with Gasteiger partial charge in [-0.2, -0.15) is 9.59 Å². The summed E-state index contributed by atoms with van der Waals surface area (Å²) < 4.78 is 4.43. The van der Waals surface area contributed by atoms with Gasteiger partial charge in [0.05, 0.1) is 0 Å². The van der Waals surface area contributed by atoms with Gasteiger partial charge in [-0.15, -0.1) is 0 Å². The van der Waals surface area contributed by atoms with Crippen molar-refractivity contribution in [2.75, 3.05) is 6.61 Å². The first kappa shape index (κ1) is 11.4. The minimum Gasteiger partial charge on any atom is -0.462 e. The third-order valence-electron chi connectivity index (χ3n) is 0.404. The predicted octanol–water partition coefficient (Wildman–Crippen LogP) is 0.152. The number of carbonyl (C=O) groups excluding carboxylic acids is 3. The monoisotopic (exact) mass is 144 g/mol. The van der Waals surface area contributed by atoms with Gasteiger partial charge in [0.25, 0.3) is 0 Å². The summed E-state index contributed by atoms with van der Waals surface area (Å²) in [5, 5.41) is 0. The molecule has 0 aliphatic carbocycles. The molecule has 0 radical (unpaired) electrons. The van der Waals surface area contributed by atoms with Crippen molar-refractivity contribution in [3.8, 4) is 0 Å². The Bertz CT molecular complexity index is 133. The van der Waals surface area contributed by atoms with Crippen molar-refractivity contribution in [1.82, 2.24) is 0 Å². The van der Waals surface area contributed by atoms with E-state index in [0.717, 1.165) is 0 Å². The van der Waals surface area contributed by atoms with Crippen molar-refractivity contribution in [2.45, 2.75) is 6.92 Å². The fraction of sp³-hybridized carbons (Fsp3) is 0.333. The van der Waals surface area contributed by atoms with Crippen LogP contribution in [0.2, 0.25) is 0 Å². The molecule has 0 N–H and O–H groups in total. The van der Waals surface area contributed by atoms with E-state index >= 15 is 0 Å². The quantitative estimate of drug-likeness (QED) is 0.409. The molecule has 56 valence electrons. The average molecular weight is 144 g/mol. The van der Waals surface area contributed by atoms with E-state index in [1.165, 1.54) is 13.0 Å². The van der Waals surface area contributed by atoms with Crippen LogP contribution in [0.3, 0.4) is 0 Å². The largest absolute Gasteiger partial charge is 0.462 e. The molecule has 0 bridgehead atoms. The molecule has 10 heavy (non-hydrogen) atoms. The smallest absolute Gasteiger partial charge is 0.373 e. The molecule has 0 fully saturated rings. The van der Waals surface area contributed by atoms with E-state index in [-0.39, 0.29) is 12.1 Å². The predicted molar refractivity (Wildman–Crippen MR) is 31.8 cm³/mol. The molecule has 0 aromatic carbocycles. The molecule has 4 heteroatoms. The molecule has 0 aromatic rings. The Morgan fingerprint density at radius 1 is 1.70 bits per heavy atom. The van der Waals surface area contributed by atoms with Gasteiger partial charge in [0.1, 0.15) is 6.61 Å². The zero-order chi connectivity index (χ0) is 8.41. The van der Waals surface area contributed by atoms with Crippen molar-refractivity contribution in [3.05, 3.63) is 12.7 Å². The molecule has 0 amide bonds. The summed E-state index contributed by atoms with van der Waals surface area (Å²) in [6, 6.07) is 0. The minimum absolute atomic E-state index is 0.250. The van der Waals surface area contributed by atoms with E-state index in [0.29, 0.717) is 6.61 Å². The second kappa shape index (κ2) is 10.5. The van der Waals surface area contributed by atoms with Crippen LogP contribution in [0.25, 0.3) is 0 Å². The SMILES string of the molecule is C=CCOC(C)=O.O=C=O. The zero-order valence-electron chi connectivity index (χ0n) is 5.62. The molecule has 0 saturated heterocycles. The number of hydrogen-bond donors (Lipinski definition) is 0. The molecule has 0 aromatic heterocycles. The fourth-order valence-corrected chi connectivity index (χ4v) is 0.176. The van der Waals surface area contributed by atoms with Crippen molar-refractivity contribution in [1.29, 1.82) is 0 Å². The summed E-state index contributed by atoms with van der Waals surface area (Å²) in [5.41, 5.74) is 0. The van der Waals surface area contributed by atoms with Gasteiger partial charge < -0.3 is 4.74 Å². The number of ether oxygens (including phenoxy) is 1. The molecule has 0 spiro atoms. The van der Waals surface area contributed by atoms with Crippen LogP contribution in [0.1, 0.15) is 6.92 Å². The highest BCUT2D eigenvalue weighted by Crippen LogP contribution is 1.73. The second-order valence-electron chi connectivity index (χ2n) is 1.17. The number of carbonyl (C=O) groups is 1. The van der Waals surface area contributed by atoms with Crippen LogP contribution in [-0.4, -0.2) is 18.7 Å². The van der Waals surface area contributed by atoms with Crippen LogP contribution in [0, 0.1) is 0 Å². The highest BCUT2D eigenvalue weighted by Gasteiger charge is 1.83. The first-order chi connectivity index (χ1) is 4.68. The van der Waals surface area contributed by atoms with Crippen molar-refractivity contribution >= 4 is 12.1 Å². The fourth-order valence-electron chi connectivity index (χ4n) is 0.176. The molecule has 0 heterocycles. The summed E-state index contributed by atoms with van der Waals surface area (Å²) in [6.45, 7) is 5.03. The van der Waals surface area contributed by atoms with Gasteiger partial charge in [-0.3, -0.25) is 4.79 Å². The first-order valence-corrected chi connectivity index (χ1v) is 2.42. The van der Waals surface area contributed by atoms with Crippen molar-refractivity contribution in [2.24, 2.45) is 0 Å². The van der Waals surface area contributed by atoms with Crippen LogP contribution in [0.5, 0.6) is 0 Å². The first-order valence-electron chi connectivity index (χ1n) is 2.42. The third-order valence-corrected chi connectivity index (χ3v) is 0.404. The molecule has 0 aliphatic heterocycles. The summed E-state index contributed by atoms with van der Waals surface area (Å²) >= 11 is 0. The second-order valence-corrected chi connectivity index (χ2v) is 1.17. The summed E-state index contributed by atoms with van der Waals surface area (Å²) in [6.07, 6.45) is 1.78. The Morgan fingerprint density at radius 2 is 2.10 bits per heavy atom. The van der Waals surface area contributed by atoms with Crippen LogP contribution < -0.4 is 0 Å². The Kier molecular flexibility index (Phi) is 12.0. The molecular formula is C6H8O4. The molecule has 0 saturated carbocycles. The molecule has 0 aliphatic rings. The van der Waals surface area contributed by atoms with Crippen molar-refractivity contribution < 1.29 is 19.1 Å². The van der Waals surface area contributed by atoms with E-state index in [1.807, 2.05) is 0 Å². The van der Waals surface area contributed by atoms with Gasteiger partial charge in [-0.05, 0) is 0 Å². The zero-order valence-corrected chi connectivity index (χ0v) is 5.62. The van der Waals surface area contributed by atoms with Crippen LogP contribution in [-0.2, 0) is 19.1 Å². The molecular weight excluding hydrogens is 136 g/mol. The van der Waals surface area contributed by atoms with Gasteiger partial charge in [0, 0.05) is 6.92 Å². The van der Waals surface area contributed by atoms with E-state index in [2.05, 4.69) is 11.3 Å². The Morgan fingerprint density at radius 3 is 2.20 bits per heavy atom. The number of esters is 1. The number of rotatable bonds is 2. The van der Waals surface area contributed by atoms with Gasteiger partial charge in [-0.1, -0.05) is 12.7 Å². The van der Waals surface area contributed by atoms with E-state index in [4.69, 9.17) is 9.59 Å². The highest BCUT2D eigenvalue weighted by molar-refractivity contribution is 5.65. The average Bonchev–Trinajstić information content (AvgIpc) is 1.85. The Labute approximate surface area is 58.5 Å². The van der Waals surface area contributed by atoms with Crippen molar-refractivity contribution in [3.63, 3.8) is 0 Å². The van der Waals surface area contributed by atoms with E-state index in [1.54, 1.807) is 0 Å². The molecule has 4 nitrogen and oxygen atoms in total. The maximum Gasteiger partial charge on any atom is 0.373 e. The molecule has 0 atom stereocenters. The van der Waals surface area contributed by atoms with E-state index in [9.17, 15) is 4.79 Å². The normalized spacial score (nSPS) is 6.10. The van der Waals surface area contributed by atoms with Crippen LogP contribution in [0.4, 0.5) is 0 Å². The van der Waals surface area contributed by atoms with Gasteiger partial charge in [0.15, 0.2) is 0 Å². The summed E-state index contributed by atoms with van der Waals surface area (Å²) in [5.74, 6) is -0.264. The third kappa shape index (κ3) is 30.7. The Balaban J connectivity index is 0. The highest BCUT2D eigenvalue weighted by atomic mass is 16.5. The van der Waals surface area contributed by atoms with E-state index < -0.39 is 0 Å². The lowest BCUT2D eigenvalue weighted by Gasteiger charge is -1.90.